The first-order valence-electron chi connectivity index (χ1n) is 5.64. The van der Waals surface area contributed by atoms with Gasteiger partial charge in [-0.25, -0.2) is 0 Å². The summed E-state index contributed by atoms with van der Waals surface area (Å²) < 4.78 is 0. The van der Waals surface area contributed by atoms with Gasteiger partial charge in [-0.2, -0.15) is 0 Å². The van der Waals surface area contributed by atoms with E-state index in [4.69, 9.17) is 5.11 Å². The molecule has 0 aliphatic heterocycles. The molecule has 15 heavy (non-hydrogen) atoms. The van der Waals surface area contributed by atoms with E-state index < -0.39 is 0 Å². The third-order valence-corrected chi connectivity index (χ3v) is 2.89. The van der Waals surface area contributed by atoms with Crippen molar-refractivity contribution >= 4 is 0 Å². The number of aromatic nitrogens is 1. The van der Waals surface area contributed by atoms with Crippen molar-refractivity contribution in [1.29, 1.82) is 0 Å². The van der Waals surface area contributed by atoms with Crippen molar-refractivity contribution in [3.63, 3.8) is 0 Å². The highest BCUT2D eigenvalue weighted by Gasteiger charge is 2.27. The second-order valence-electron chi connectivity index (χ2n) is 4.10. The van der Waals surface area contributed by atoms with Crippen LogP contribution in [0.15, 0.2) is 24.5 Å². The van der Waals surface area contributed by atoms with Gasteiger partial charge < -0.3 is 5.11 Å². The molecule has 0 unspecified atom stereocenters. The van der Waals surface area contributed by atoms with Crippen LogP contribution in [0.4, 0.5) is 0 Å². The van der Waals surface area contributed by atoms with Crippen LogP contribution in [-0.4, -0.2) is 40.7 Å². The molecule has 0 atom stereocenters. The van der Waals surface area contributed by atoms with E-state index in [1.165, 1.54) is 18.4 Å². The lowest BCUT2D eigenvalue weighted by molar-refractivity contribution is 0.190. The van der Waals surface area contributed by atoms with Crippen LogP contribution in [0.25, 0.3) is 0 Å². The molecule has 1 aliphatic rings. The second kappa shape index (κ2) is 5.24. The average Bonchev–Trinajstić information content (AvgIpc) is 3.09. The molecule has 82 valence electrons. The van der Waals surface area contributed by atoms with Crippen molar-refractivity contribution in [2.24, 2.45) is 0 Å². The minimum Gasteiger partial charge on any atom is -0.395 e. The van der Waals surface area contributed by atoms with E-state index in [1.807, 2.05) is 12.4 Å². The summed E-state index contributed by atoms with van der Waals surface area (Å²) in [5.74, 6) is 0. The fraction of sp³-hybridized carbons (Fsp3) is 0.583. The van der Waals surface area contributed by atoms with Gasteiger partial charge >= 0.3 is 0 Å². The Labute approximate surface area is 90.8 Å². The number of pyridine rings is 1. The number of rotatable bonds is 6. The maximum atomic E-state index is 8.96. The minimum atomic E-state index is 0.271. The summed E-state index contributed by atoms with van der Waals surface area (Å²) >= 11 is 0. The van der Waals surface area contributed by atoms with Gasteiger partial charge in [0.15, 0.2) is 0 Å². The molecule has 1 fully saturated rings. The van der Waals surface area contributed by atoms with E-state index in [-0.39, 0.29) is 6.61 Å². The first kappa shape index (κ1) is 10.6. The fourth-order valence-corrected chi connectivity index (χ4v) is 1.87. The number of hydrogen-bond donors (Lipinski definition) is 1. The molecule has 0 radical (unpaired) electrons. The van der Waals surface area contributed by atoms with Crippen LogP contribution in [0.2, 0.25) is 0 Å². The molecular weight excluding hydrogens is 188 g/mol. The average molecular weight is 206 g/mol. The first-order chi connectivity index (χ1) is 7.40. The molecule has 0 spiro atoms. The predicted octanol–water partition coefficient (Wildman–Crippen LogP) is 1.08. The van der Waals surface area contributed by atoms with Crippen LogP contribution in [0.3, 0.4) is 0 Å². The summed E-state index contributed by atoms with van der Waals surface area (Å²) in [6.07, 6.45) is 7.33. The van der Waals surface area contributed by atoms with E-state index >= 15 is 0 Å². The van der Waals surface area contributed by atoms with Gasteiger partial charge in [0.1, 0.15) is 0 Å². The molecule has 3 heteroatoms. The first-order valence-corrected chi connectivity index (χ1v) is 5.64. The van der Waals surface area contributed by atoms with Crippen molar-refractivity contribution in [1.82, 2.24) is 9.88 Å². The highest BCUT2D eigenvalue weighted by Crippen LogP contribution is 2.26. The Balaban J connectivity index is 1.80. The molecule has 1 aromatic rings. The maximum Gasteiger partial charge on any atom is 0.0558 e. The van der Waals surface area contributed by atoms with Gasteiger partial charge in [0.2, 0.25) is 0 Å². The molecule has 3 nitrogen and oxygen atoms in total. The van der Waals surface area contributed by atoms with Gasteiger partial charge in [0.05, 0.1) is 6.61 Å². The van der Waals surface area contributed by atoms with Gasteiger partial charge in [-0.15, -0.1) is 0 Å². The molecular formula is C12H18N2O. The molecule has 2 rings (SSSR count). The van der Waals surface area contributed by atoms with E-state index in [2.05, 4.69) is 22.0 Å². The number of aliphatic hydroxyl groups excluding tert-OH is 1. The van der Waals surface area contributed by atoms with Crippen LogP contribution in [-0.2, 0) is 6.42 Å². The van der Waals surface area contributed by atoms with Crippen LogP contribution < -0.4 is 0 Å². The van der Waals surface area contributed by atoms with Crippen LogP contribution in [0.5, 0.6) is 0 Å². The Morgan fingerprint density at radius 2 is 2.00 bits per heavy atom. The predicted molar refractivity (Wildman–Crippen MR) is 59.6 cm³/mol. The number of nitrogens with zero attached hydrogens (tertiary/aromatic N) is 2. The second-order valence-corrected chi connectivity index (χ2v) is 4.10. The van der Waals surface area contributed by atoms with Gasteiger partial charge in [-0.3, -0.25) is 9.88 Å². The zero-order valence-electron chi connectivity index (χ0n) is 8.97. The van der Waals surface area contributed by atoms with Crippen molar-refractivity contribution < 1.29 is 5.11 Å². The molecule has 0 amide bonds. The van der Waals surface area contributed by atoms with Crippen molar-refractivity contribution in [2.75, 3.05) is 19.7 Å². The number of hydrogen-bond acceptors (Lipinski definition) is 3. The van der Waals surface area contributed by atoms with E-state index in [0.29, 0.717) is 0 Å². The van der Waals surface area contributed by atoms with Gasteiger partial charge in [0.25, 0.3) is 0 Å². The Hall–Kier alpha value is -0.930. The lowest BCUT2D eigenvalue weighted by atomic mass is 10.2. The van der Waals surface area contributed by atoms with Crippen LogP contribution in [0.1, 0.15) is 18.4 Å². The Kier molecular flexibility index (Phi) is 3.69. The molecule has 1 aromatic heterocycles. The standard InChI is InChI=1S/C12H18N2O/c15-10-9-14(12-1-2-12)8-5-11-3-6-13-7-4-11/h3-4,6-7,12,15H,1-2,5,8-10H2. The third-order valence-electron chi connectivity index (χ3n) is 2.89. The molecule has 1 saturated carbocycles. The Bertz CT molecular complexity index is 285. The van der Waals surface area contributed by atoms with Crippen LogP contribution in [0, 0.1) is 0 Å². The summed E-state index contributed by atoms with van der Waals surface area (Å²) in [4.78, 5) is 6.39. The monoisotopic (exact) mass is 206 g/mol. The zero-order valence-corrected chi connectivity index (χ0v) is 8.97. The van der Waals surface area contributed by atoms with E-state index in [1.54, 1.807) is 0 Å². The lowest BCUT2D eigenvalue weighted by Crippen LogP contribution is -2.31. The van der Waals surface area contributed by atoms with Crippen molar-refractivity contribution in [3.8, 4) is 0 Å². The zero-order chi connectivity index (χ0) is 10.5. The van der Waals surface area contributed by atoms with E-state index in [0.717, 1.165) is 25.6 Å². The van der Waals surface area contributed by atoms with Crippen LogP contribution >= 0.6 is 0 Å². The molecule has 1 heterocycles. The third kappa shape index (κ3) is 3.29. The largest absolute Gasteiger partial charge is 0.395 e. The maximum absolute atomic E-state index is 8.96. The summed E-state index contributed by atoms with van der Waals surface area (Å²) in [5.41, 5.74) is 1.33. The lowest BCUT2D eigenvalue weighted by Gasteiger charge is -2.20. The van der Waals surface area contributed by atoms with Gasteiger partial charge in [-0.1, -0.05) is 0 Å². The normalized spacial score (nSPS) is 15.9. The summed E-state index contributed by atoms with van der Waals surface area (Å²) in [7, 11) is 0. The molecule has 0 aromatic carbocycles. The molecule has 1 aliphatic carbocycles. The van der Waals surface area contributed by atoms with Crippen molar-refractivity contribution in [2.45, 2.75) is 25.3 Å². The van der Waals surface area contributed by atoms with E-state index in [9.17, 15) is 0 Å². The Morgan fingerprint density at radius 1 is 1.27 bits per heavy atom. The van der Waals surface area contributed by atoms with Crippen molar-refractivity contribution in [3.05, 3.63) is 30.1 Å². The summed E-state index contributed by atoms with van der Waals surface area (Å²) in [6.45, 7) is 2.14. The SMILES string of the molecule is OCCN(CCc1ccncc1)C1CC1. The van der Waals surface area contributed by atoms with Gasteiger partial charge in [0, 0.05) is 31.5 Å². The smallest absolute Gasteiger partial charge is 0.0558 e. The molecule has 0 saturated heterocycles. The Morgan fingerprint density at radius 3 is 2.60 bits per heavy atom. The summed E-state index contributed by atoms with van der Waals surface area (Å²) in [6, 6.07) is 4.85. The quantitative estimate of drug-likeness (QED) is 0.756. The highest BCUT2D eigenvalue weighted by molar-refractivity contribution is 5.10. The summed E-state index contributed by atoms with van der Waals surface area (Å²) in [5, 5.41) is 8.96. The molecule has 1 N–H and O–H groups in total. The molecule has 0 bridgehead atoms. The highest BCUT2D eigenvalue weighted by atomic mass is 16.3. The minimum absolute atomic E-state index is 0.271. The van der Waals surface area contributed by atoms with Gasteiger partial charge in [-0.05, 0) is 37.0 Å². The fourth-order valence-electron chi connectivity index (χ4n) is 1.87. The number of aliphatic hydroxyl groups is 1. The topological polar surface area (TPSA) is 36.4 Å².